The molecule has 0 bridgehead atoms. The van der Waals surface area contributed by atoms with Crippen molar-refractivity contribution in [1.82, 2.24) is 14.9 Å². The number of hydrogen-bond donors (Lipinski definition) is 2. The Labute approximate surface area is 149 Å². The number of rotatable bonds is 6. The molecule has 3 aromatic rings. The molecular formula is C19H19N3O4. The number of fused-ring (bicyclic) bond motifs is 2. The summed E-state index contributed by atoms with van der Waals surface area (Å²) in [6.45, 7) is 1.83. The summed E-state index contributed by atoms with van der Waals surface area (Å²) in [5, 5.41) is 10.6. The number of carboxylic acids is 1. The van der Waals surface area contributed by atoms with Gasteiger partial charge in [0.1, 0.15) is 12.2 Å². The number of pyridine rings is 2. The molecule has 0 atom stereocenters. The Morgan fingerprint density at radius 2 is 1.96 bits per heavy atom. The summed E-state index contributed by atoms with van der Waals surface area (Å²) in [5.74, 6) is -1.46. The quantitative estimate of drug-likeness (QED) is 0.659. The molecule has 0 aliphatic heterocycles. The molecule has 1 aromatic carbocycles. The van der Waals surface area contributed by atoms with Crippen LogP contribution in [0.2, 0.25) is 0 Å². The van der Waals surface area contributed by atoms with Crippen LogP contribution in [0.15, 0.2) is 41.2 Å². The fourth-order valence-electron chi connectivity index (χ4n) is 2.91. The van der Waals surface area contributed by atoms with Crippen LogP contribution in [0.4, 0.5) is 0 Å². The third kappa shape index (κ3) is 3.72. The second-order valence-electron chi connectivity index (χ2n) is 6.13. The van der Waals surface area contributed by atoms with Crippen molar-refractivity contribution in [3.63, 3.8) is 0 Å². The monoisotopic (exact) mass is 353 g/mol. The predicted octanol–water partition coefficient (Wildman–Crippen LogP) is 1.94. The van der Waals surface area contributed by atoms with Gasteiger partial charge < -0.3 is 15.0 Å². The zero-order valence-corrected chi connectivity index (χ0v) is 14.4. The number of carboxylic acid groups (broad SMARTS) is 1. The zero-order chi connectivity index (χ0) is 18.7. The number of carbonyl (C=O) groups is 2. The van der Waals surface area contributed by atoms with Crippen LogP contribution in [0.1, 0.15) is 18.9 Å². The molecule has 2 N–H and O–H groups in total. The van der Waals surface area contributed by atoms with Crippen LogP contribution in [0.5, 0.6) is 0 Å². The highest BCUT2D eigenvalue weighted by atomic mass is 16.4. The molecule has 2 heterocycles. The Hall–Kier alpha value is -3.22. The summed E-state index contributed by atoms with van der Waals surface area (Å²) in [5.41, 5.74) is 1.14. The molecule has 0 saturated heterocycles. The summed E-state index contributed by atoms with van der Waals surface area (Å²) in [6, 6.07) is 11.1. The molecule has 2 aromatic heterocycles. The van der Waals surface area contributed by atoms with Crippen molar-refractivity contribution in [2.45, 2.75) is 19.8 Å². The summed E-state index contributed by atoms with van der Waals surface area (Å²) in [7, 11) is 0. The minimum absolute atomic E-state index is 0.147. The van der Waals surface area contributed by atoms with Crippen LogP contribution in [-0.4, -0.2) is 44.9 Å². The van der Waals surface area contributed by atoms with Crippen LogP contribution >= 0.6 is 0 Å². The zero-order valence-electron chi connectivity index (χ0n) is 14.4. The molecular weight excluding hydrogens is 334 g/mol. The number of aromatic nitrogens is 2. The van der Waals surface area contributed by atoms with E-state index in [9.17, 15) is 14.4 Å². The number of aromatic amines is 1. The van der Waals surface area contributed by atoms with Gasteiger partial charge in [0.2, 0.25) is 5.91 Å². The van der Waals surface area contributed by atoms with E-state index in [4.69, 9.17) is 5.11 Å². The highest BCUT2D eigenvalue weighted by Gasteiger charge is 2.18. The van der Waals surface area contributed by atoms with Crippen LogP contribution in [-0.2, 0) is 16.0 Å². The Morgan fingerprint density at radius 1 is 1.19 bits per heavy atom. The maximum atomic E-state index is 12.4. The maximum absolute atomic E-state index is 12.4. The topological polar surface area (TPSA) is 103 Å². The van der Waals surface area contributed by atoms with Crippen molar-refractivity contribution in [1.29, 1.82) is 0 Å². The van der Waals surface area contributed by atoms with E-state index in [1.165, 1.54) is 4.90 Å². The van der Waals surface area contributed by atoms with Gasteiger partial charge in [-0.05, 0) is 24.6 Å². The second-order valence-corrected chi connectivity index (χ2v) is 6.13. The van der Waals surface area contributed by atoms with Crippen molar-refractivity contribution in [2.75, 3.05) is 13.1 Å². The van der Waals surface area contributed by atoms with Gasteiger partial charge in [-0.25, -0.2) is 4.98 Å². The highest BCUT2D eigenvalue weighted by molar-refractivity contribution is 5.91. The lowest BCUT2D eigenvalue weighted by molar-refractivity contribution is -0.144. The van der Waals surface area contributed by atoms with Gasteiger partial charge in [-0.15, -0.1) is 0 Å². The van der Waals surface area contributed by atoms with E-state index in [0.717, 1.165) is 16.3 Å². The van der Waals surface area contributed by atoms with Gasteiger partial charge in [0.25, 0.3) is 5.56 Å². The van der Waals surface area contributed by atoms with Gasteiger partial charge in [0, 0.05) is 22.9 Å². The minimum Gasteiger partial charge on any atom is -0.480 e. The van der Waals surface area contributed by atoms with Gasteiger partial charge in [0.05, 0.1) is 11.9 Å². The van der Waals surface area contributed by atoms with Gasteiger partial charge in [-0.1, -0.05) is 25.1 Å². The van der Waals surface area contributed by atoms with Gasteiger partial charge >= 0.3 is 5.97 Å². The van der Waals surface area contributed by atoms with E-state index >= 15 is 0 Å². The van der Waals surface area contributed by atoms with Crippen LogP contribution in [0, 0.1) is 0 Å². The SMILES string of the molecule is CCCN(CC(=O)O)C(=O)Cc1cc2cc3ccccc3nc2[nH]c1=O. The molecule has 0 aliphatic rings. The predicted molar refractivity (Wildman–Crippen MR) is 98.1 cm³/mol. The van der Waals surface area contributed by atoms with Gasteiger partial charge in [-0.2, -0.15) is 0 Å². The third-order valence-corrected chi connectivity index (χ3v) is 4.12. The molecule has 0 aliphatic carbocycles. The molecule has 26 heavy (non-hydrogen) atoms. The van der Waals surface area contributed by atoms with Crippen molar-refractivity contribution >= 4 is 33.8 Å². The number of nitrogens with zero attached hydrogens (tertiary/aromatic N) is 2. The number of nitrogens with one attached hydrogen (secondary N) is 1. The number of carbonyl (C=O) groups excluding carboxylic acids is 1. The molecule has 3 rings (SSSR count). The van der Waals surface area contributed by atoms with Crippen molar-refractivity contribution in [2.24, 2.45) is 0 Å². The number of benzene rings is 1. The fourth-order valence-corrected chi connectivity index (χ4v) is 2.91. The molecule has 0 fully saturated rings. The van der Waals surface area contributed by atoms with Crippen molar-refractivity contribution < 1.29 is 14.7 Å². The van der Waals surface area contributed by atoms with Crippen molar-refractivity contribution in [3.8, 4) is 0 Å². The smallest absolute Gasteiger partial charge is 0.323 e. The average Bonchev–Trinajstić information content (AvgIpc) is 2.60. The molecule has 7 nitrogen and oxygen atoms in total. The minimum atomic E-state index is -1.07. The Kier molecular flexibility index (Phi) is 4.97. The van der Waals surface area contributed by atoms with E-state index in [-0.39, 0.29) is 24.4 Å². The molecule has 0 saturated carbocycles. The number of H-pyrrole nitrogens is 1. The molecule has 7 heteroatoms. The molecule has 0 radical (unpaired) electrons. The number of aliphatic carboxylic acids is 1. The maximum Gasteiger partial charge on any atom is 0.323 e. The van der Waals surface area contributed by atoms with E-state index in [0.29, 0.717) is 24.2 Å². The van der Waals surface area contributed by atoms with E-state index in [1.807, 2.05) is 37.3 Å². The second kappa shape index (κ2) is 7.35. The van der Waals surface area contributed by atoms with Gasteiger partial charge in [-0.3, -0.25) is 14.4 Å². The lowest BCUT2D eigenvalue weighted by atomic mass is 10.1. The summed E-state index contributed by atoms with van der Waals surface area (Å²) < 4.78 is 0. The molecule has 1 amide bonds. The number of amides is 1. The summed E-state index contributed by atoms with van der Waals surface area (Å²) in [6.07, 6.45) is 0.494. The number of para-hydroxylation sites is 1. The lowest BCUT2D eigenvalue weighted by Gasteiger charge is -2.19. The Balaban J connectivity index is 1.95. The average molecular weight is 353 g/mol. The summed E-state index contributed by atoms with van der Waals surface area (Å²) >= 11 is 0. The van der Waals surface area contributed by atoms with Crippen LogP contribution in [0.25, 0.3) is 21.9 Å². The fraction of sp³-hybridized carbons (Fsp3) is 0.263. The first kappa shape index (κ1) is 17.6. The highest BCUT2D eigenvalue weighted by Crippen LogP contribution is 2.18. The lowest BCUT2D eigenvalue weighted by Crippen LogP contribution is -2.38. The first-order valence-electron chi connectivity index (χ1n) is 8.39. The van der Waals surface area contributed by atoms with E-state index in [1.54, 1.807) is 6.07 Å². The van der Waals surface area contributed by atoms with E-state index < -0.39 is 5.97 Å². The Morgan fingerprint density at radius 3 is 2.69 bits per heavy atom. The first-order valence-corrected chi connectivity index (χ1v) is 8.39. The largest absolute Gasteiger partial charge is 0.480 e. The molecule has 134 valence electrons. The van der Waals surface area contributed by atoms with Crippen LogP contribution < -0.4 is 5.56 Å². The first-order chi connectivity index (χ1) is 12.5. The molecule has 0 unspecified atom stereocenters. The van der Waals surface area contributed by atoms with E-state index in [2.05, 4.69) is 9.97 Å². The third-order valence-electron chi connectivity index (χ3n) is 4.12. The molecule has 0 spiro atoms. The number of hydrogen-bond acceptors (Lipinski definition) is 4. The standard InChI is InChI=1S/C19H19N3O4/c1-2-7-22(11-17(24)25)16(23)10-14-9-13-8-12-5-3-4-6-15(12)20-18(13)21-19(14)26/h3-6,8-9H,2,7,10-11H2,1H3,(H,24,25)(H,20,21,26). The Bertz CT molecular complexity index is 1040. The van der Waals surface area contributed by atoms with Crippen molar-refractivity contribution in [3.05, 3.63) is 52.3 Å². The van der Waals surface area contributed by atoms with Crippen LogP contribution in [0.3, 0.4) is 0 Å². The normalized spacial score (nSPS) is 11.0. The summed E-state index contributed by atoms with van der Waals surface area (Å²) in [4.78, 5) is 44.1. The van der Waals surface area contributed by atoms with Gasteiger partial charge in [0.15, 0.2) is 0 Å².